The van der Waals surface area contributed by atoms with Gasteiger partial charge in [-0.2, -0.15) is 0 Å². The fourth-order valence-corrected chi connectivity index (χ4v) is 3.40. The highest BCUT2D eigenvalue weighted by atomic mass is 35.5. The number of aromatic nitrogens is 2. The van der Waals surface area contributed by atoms with Crippen LogP contribution in [0.3, 0.4) is 0 Å². The van der Waals surface area contributed by atoms with E-state index >= 15 is 0 Å². The van der Waals surface area contributed by atoms with Gasteiger partial charge >= 0.3 is 5.69 Å². The number of nitrogens with zero attached hydrogens (tertiary/aromatic N) is 1. The number of hydrogen-bond acceptors (Lipinski definition) is 6. The zero-order valence-electron chi connectivity index (χ0n) is 17.7. The van der Waals surface area contributed by atoms with Crippen molar-refractivity contribution in [1.29, 1.82) is 0 Å². The highest BCUT2D eigenvalue weighted by molar-refractivity contribution is 6.29. The monoisotopic (exact) mass is 466 g/mol. The second kappa shape index (κ2) is 9.13. The van der Waals surface area contributed by atoms with Gasteiger partial charge in [0, 0.05) is 11.8 Å². The van der Waals surface area contributed by atoms with Gasteiger partial charge < -0.3 is 24.0 Å². The molecule has 0 fully saturated rings. The predicted octanol–water partition coefficient (Wildman–Crippen LogP) is 4.70. The quantitative estimate of drug-likeness (QED) is 0.302. The first kappa shape index (κ1) is 22.0. The fourth-order valence-electron chi connectivity index (χ4n) is 3.26. The van der Waals surface area contributed by atoms with Crippen LogP contribution < -0.4 is 15.2 Å². The minimum Gasteiger partial charge on any atom is -0.502 e. The number of benzene rings is 2. The standard InChI is InChI=1S/C24H19ClN2O6/c1-31-20-10-14(11-21(32-2)23(20)29)6-7-18(28)15-4-3-5-16(12-15)27-13-17(26-24(27)30)19-8-9-22(25)33-19/h3-13,29H,1-2H3,(H,26,30)/b7-6+. The van der Waals surface area contributed by atoms with Crippen LogP contribution in [0.25, 0.3) is 23.2 Å². The smallest absolute Gasteiger partial charge is 0.330 e. The number of rotatable bonds is 7. The van der Waals surface area contributed by atoms with Gasteiger partial charge in [-0.05, 0) is 59.6 Å². The predicted molar refractivity (Wildman–Crippen MR) is 124 cm³/mol. The number of phenolic OH excluding ortho intramolecular Hbond substituents is 1. The Morgan fingerprint density at radius 2 is 1.85 bits per heavy atom. The molecule has 2 N–H and O–H groups in total. The minimum absolute atomic E-state index is 0.121. The topological polar surface area (TPSA) is 107 Å². The van der Waals surface area contributed by atoms with Crippen LogP contribution in [-0.4, -0.2) is 34.7 Å². The Bertz CT molecular complexity index is 1390. The zero-order valence-corrected chi connectivity index (χ0v) is 18.4. The lowest BCUT2D eigenvalue weighted by Gasteiger charge is -2.09. The number of aromatic hydroxyl groups is 1. The Morgan fingerprint density at radius 1 is 1.12 bits per heavy atom. The molecule has 0 spiro atoms. The van der Waals surface area contributed by atoms with Crippen LogP contribution in [0, 0.1) is 0 Å². The van der Waals surface area contributed by atoms with E-state index in [1.54, 1.807) is 60.8 Å². The molecule has 0 aliphatic heterocycles. The van der Waals surface area contributed by atoms with E-state index in [9.17, 15) is 14.7 Å². The number of imidazole rings is 1. The first-order valence-corrected chi connectivity index (χ1v) is 10.1. The van der Waals surface area contributed by atoms with Crippen molar-refractivity contribution in [2.24, 2.45) is 0 Å². The van der Waals surface area contributed by atoms with Crippen LogP contribution >= 0.6 is 11.6 Å². The van der Waals surface area contributed by atoms with Gasteiger partial charge in [0.15, 0.2) is 28.3 Å². The summed E-state index contributed by atoms with van der Waals surface area (Å²) in [6.45, 7) is 0. The van der Waals surface area contributed by atoms with Gasteiger partial charge in [0.05, 0.1) is 19.9 Å². The summed E-state index contributed by atoms with van der Waals surface area (Å²) in [6, 6.07) is 13.1. The van der Waals surface area contributed by atoms with E-state index < -0.39 is 0 Å². The lowest BCUT2D eigenvalue weighted by Crippen LogP contribution is -2.14. The van der Waals surface area contributed by atoms with Gasteiger partial charge in [0.25, 0.3) is 0 Å². The molecule has 4 aromatic rings. The van der Waals surface area contributed by atoms with Crippen molar-refractivity contribution in [3.05, 3.63) is 87.6 Å². The molecule has 0 saturated heterocycles. The third kappa shape index (κ3) is 4.56. The molecule has 0 bridgehead atoms. The Hall–Kier alpha value is -4.17. The molecule has 2 aromatic carbocycles. The average molecular weight is 467 g/mol. The van der Waals surface area contributed by atoms with Crippen LogP contribution in [0.15, 0.2) is 70.0 Å². The molecule has 4 rings (SSSR count). The molecule has 2 heterocycles. The Labute approximate surface area is 193 Å². The summed E-state index contributed by atoms with van der Waals surface area (Å²) in [6.07, 6.45) is 4.55. The molecule has 0 saturated carbocycles. The third-order valence-electron chi connectivity index (χ3n) is 4.90. The van der Waals surface area contributed by atoms with Crippen LogP contribution in [-0.2, 0) is 0 Å². The maximum Gasteiger partial charge on any atom is 0.330 e. The van der Waals surface area contributed by atoms with Gasteiger partial charge in [-0.25, -0.2) is 4.79 Å². The van der Waals surface area contributed by atoms with Crippen LogP contribution in [0.5, 0.6) is 17.2 Å². The normalized spacial score (nSPS) is 11.1. The number of carbonyl (C=O) groups is 1. The number of allylic oxidation sites excluding steroid dienone is 1. The number of ether oxygens (including phenoxy) is 2. The second-order valence-electron chi connectivity index (χ2n) is 6.97. The van der Waals surface area contributed by atoms with Gasteiger partial charge in [-0.3, -0.25) is 9.36 Å². The van der Waals surface area contributed by atoms with E-state index in [0.29, 0.717) is 28.3 Å². The minimum atomic E-state index is -0.388. The molecule has 0 unspecified atom stereocenters. The number of hydrogen-bond donors (Lipinski definition) is 2. The number of halogens is 1. The summed E-state index contributed by atoms with van der Waals surface area (Å²) in [5.41, 5.74) is 1.57. The largest absolute Gasteiger partial charge is 0.502 e. The molecule has 0 amide bonds. The number of methoxy groups -OCH3 is 2. The van der Waals surface area contributed by atoms with Gasteiger partial charge in [0.1, 0.15) is 5.69 Å². The summed E-state index contributed by atoms with van der Waals surface area (Å²) in [5.74, 6) is 0.479. The lowest BCUT2D eigenvalue weighted by atomic mass is 10.1. The van der Waals surface area contributed by atoms with Crippen molar-refractivity contribution < 1.29 is 23.8 Å². The molecule has 9 heteroatoms. The number of furan rings is 1. The summed E-state index contributed by atoms with van der Waals surface area (Å²) in [4.78, 5) is 27.9. The van der Waals surface area contributed by atoms with E-state index in [1.165, 1.54) is 24.9 Å². The molecule has 0 aliphatic carbocycles. The highest BCUT2D eigenvalue weighted by Crippen LogP contribution is 2.37. The van der Waals surface area contributed by atoms with E-state index in [0.717, 1.165) is 0 Å². The first-order valence-electron chi connectivity index (χ1n) is 9.75. The molecular formula is C24H19ClN2O6. The maximum absolute atomic E-state index is 12.8. The lowest BCUT2D eigenvalue weighted by molar-refractivity contribution is 0.104. The molecule has 0 aliphatic rings. The van der Waals surface area contributed by atoms with E-state index in [-0.39, 0.29) is 33.9 Å². The van der Waals surface area contributed by atoms with Gasteiger partial charge in [-0.15, -0.1) is 0 Å². The summed E-state index contributed by atoms with van der Waals surface area (Å²) in [5, 5.41) is 10.2. The third-order valence-corrected chi connectivity index (χ3v) is 5.10. The SMILES string of the molecule is COc1cc(/C=C/C(=O)c2cccc(-n3cc(-c4ccc(Cl)o4)[nH]c3=O)c2)cc(OC)c1O. The molecule has 2 aromatic heterocycles. The molecule has 8 nitrogen and oxygen atoms in total. The summed E-state index contributed by atoms with van der Waals surface area (Å²) >= 11 is 5.81. The molecule has 0 atom stereocenters. The second-order valence-corrected chi connectivity index (χ2v) is 7.34. The maximum atomic E-state index is 12.8. The van der Waals surface area contributed by atoms with Crippen molar-refractivity contribution in [3.63, 3.8) is 0 Å². The van der Waals surface area contributed by atoms with Gasteiger partial charge in [-0.1, -0.05) is 18.2 Å². The number of aromatic amines is 1. The van der Waals surface area contributed by atoms with E-state index in [4.69, 9.17) is 25.5 Å². The fraction of sp³-hybridized carbons (Fsp3) is 0.0833. The number of ketones is 1. The first-order chi connectivity index (χ1) is 15.9. The van der Waals surface area contributed by atoms with Crippen LogP contribution in [0.4, 0.5) is 0 Å². The highest BCUT2D eigenvalue weighted by Gasteiger charge is 2.13. The Morgan fingerprint density at radius 3 is 2.48 bits per heavy atom. The van der Waals surface area contributed by atoms with Crippen molar-refractivity contribution >= 4 is 23.5 Å². The van der Waals surface area contributed by atoms with Crippen molar-refractivity contribution in [2.75, 3.05) is 14.2 Å². The van der Waals surface area contributed by atoms with Gasteiger partial charge in [0.2, 0.25) is 5.75 Å². The van der Waals surface area contributed by atoms with Crippen molar-refractivity contribution in [3.8, 4) is 34.4 Å². The van der Waals surface area contributed by atoms with Crippen LogP contribution in [0.2, 0.25) is 5.22 Å². The molecular weight excluding hydrogens is 448 g/mol. The summed E-state index contributed by atoms with van der Waals surface area (Å²) < 4.78 is 17.0. The summed E-state index contributed by atoms with van der Waals surface area (Å²) in [7, 11) is 2.85. The van der Waals surface area contributed by atoms with E-state index in [2.05, 4.69) is 4.98 Å². The Kier molecular flexibility index (Phi) is 6.10. The van der Waals surface area contributed by atoms with E-state index in [1.807, 2.05) is 0 Å². The molecule has 33 heavy (non-hydrogen) atoms. The number of nitrogens with one attached hydrogen (secondary N) is 1. The van der Waals surface area contributed by atoms with Crippen molar-refractivity contribution in [2.45, 2.75) is 0 Å². The molecule has 168 valence electrons. The zero-order chi connectivity index (χ0) is 23.5. The molecule has 0 radical (unpaired) electrons. The number of carbonyl (C=O) groups excluding carboxylic acids is 1. The van der Waals surface area contributed by atoms with Crippen molar-refractivity contribution in [1.82, 2.24) is 9.55 Å². The number of H-pyrrole nitrogens is 1. The number of phenols is 1. The average Bonchev–Trinajstić information content (AvgIpc) is 3.43. The Balaban J connectivity index is 1.61. The van der Waals surface area contributed by atoms with Crippen LogP contribution in [0.1, 0.15) is 15.9 Å².